The van der Waals surface area contributed by atoms with Crippen LogP contribution in [0.1, 0.15) is 20.3 Å². The molecule has 1 aromatic carbocycles. The Morgan fingerprint density at radius 3 is 2.30 bits per heavy atom. The topological polar surface area (TPSA) is 87.2 Å². The Kier molecular flexibility index (Phi) is 5.91. The van der Waals surface area contributed by atoms with Gasteiger partial charge in [-0.3, -0.25) is 0 Å². The van der Waals surface area contributed by atoms with Gasteiger partial charge in [-0.25, -0.2) is 23.1 Å². The molecule has 2 atom stereocenters. The maximum absolute atomic E-state index is 12.4. The second kappa shape index (κ2) is 8.18. The van der Waals surface area contributed by atoms with Crippen molar-refractivity contribution >= 4 is 39.0 Å². The average Bonchev–Trinajstić information content (AvgIpc) is 2.62. The standard InChI is InChI=1S/C18H23N5O2S2/c1-13-10-14(2)12-23(11-13)18(26)21-15-4-6-16(7-5-15)27(24,25)22-17-19-8-3-9-20-17/h3-9,13-14H,10-12H2,1-2H3,(H,21,26)(H,19,20,22). The molecule has 0 bridgehead atoms. The van der Waals surface area contributed by atoms with E-state index in [1.54, 1.807) is 18.2 Å². The van der Waals surface area contributed by atoms with Crippen molar-refractivity contribution in [2.45, 2.75) is 25.2 Å². The van der Waals surface area contributed by atoms with Gasteiger partial charge in [-0.2, -0.15) is 0 Å². The molecule has 2 N–H and O–H groups in total. The molecule has 3 rings (SSSR count). The summed E-state index contributed by atoms with van der Waals surface area (Å²) in [7, 11) is -3.74. The Bertz CT molecular complexity index is 878. The number of nitrogens with one attached hydrogen (secondary N) is 2. The summed E-state index contributed by atoms with van der Waals surface area (Å²) in [5, 5.41) is 3.87. The lowest BCUT2D eigenvalue weighted by Gasteiger charge is -2.36. The molecule has 27 heavy (non-hydrogen) atoms. The lowest BCUT2D eigenvalue weighted by atomic mass is 9.92. The molecule has 1 aliphatic heterocycles. The van der Waals surface area contributed by atoms with Crippen LogP contribution in [0, 0.1) is 11.8 Å². The smallest absolute Gasteiger partial charge is 0.264 e. The lowest BCUT2D eigenvalue weighted by Crippen LogP contribution is -2.44. The van der Waals surface area contributed by atoms with Gasteiger partial charge in [-0.1, -0.05) is 13.8 Å². The van der Waals surface area contributed by atoms with Crippen LogP contribution in [0.15, 0.2) is 47.6 Å². The van der Waals surface area contributed by atoms with Gasteiger partial charge in [0.15, 0.2) is 5.11 Å². The first kappa shape index (κ1) is 19.5. The van der Waals surface area contributed by atoms with Crippen LogP contribution in [-0.2, 0) is 10.0 Å². The maximum atomic E-state index is 12.4. The van der Waals surface area contributed by atoms with Crippen LogP contribution in [0.3, 0.4) is 0 Å². The van der Waals surface area contributed by atoms with Gasteiger partial charge in [-0.15, -0.1) is 0 Å². The van der Waals surface area contributed by atoms with Crippen molar-refractivity contribution < 1.29 is 8.42 Å². The summed E-state index contributed by atoms with van der Waals surface area (Å²) in [5.74, 6) is 1.24. The van der Waals surface area contributed by atoms with E-state index in [-0.39, 0.29) is 10.8 Å². The average molecular weight is 406 g/mol. The Morgan fingerprint density at radius 2 is 1.70 bits per heavy atom. The summed E-state index contributed by atoms with van der Waals surface area (Å²) in [4.78, 5) is 10.1. The number of thiocarbonyl (C=S) groups is 1. The molecular weight excluding hydrogens is 382 g/mol. The summed E-state index contributed by atoms with van der Waals surface area (Å²) in [6.07, 6.45) is 4.16. The molecule has 0 spiro atoms. The number of hydrogen-bond acceptors (Lipinski definition) is 5. The minimum atomic E-state index is -3.74. The lowest BCUT2D eigenvalue weighted by molar-refractivity contribution is 0.216. The van der Waals surface area contributed by atoms with E-state index in [9.17, 15) is 8.42 Å². The van der Waals surface area contributed by atoms with Gasteiger partial charge in [0.05, 0.1) is 4.90 Å². The van der Waals surface area contributed by atoms with Crippen LogP contribution in [0.2, 0.25) is 0 Å². The van der Waals surface area contributed by atoms with Crippen LogP contribution < -0.4 is 10.0 Å². The third kappa shape index (κ3) is 5.14. The number of benzene rings is 1. The zero-order chi connectivity index (χ0) is 19.4. The van der Waals surface area contributed by atoms with E-state index in [0.29, 0.717) is 16.9 Å². The third-order valence-electron chi connectivity index (χ3n) is 4.36. The number of sulfonamides is 1. The van der Waals surface area contributed by atoms with E-state index >= 15 is 0 Å². The van der Waals surface area contributed by atoms with Gasteiger partial charge in [0.25, 0.3) is 10.0 Å². The SMILES string of the molecule is CC1CC(C)CN(C(=S)Nc2ccc(S(=O)(=O)Nc3ncccn3)cc2)C1. The Labute approximate surface area is 165 Å². The summed E-state index contributed by atoms with van der Waals surface area (Å²) in [6.45, 7) is 6.33. The molecule has 144 valence electrons. The number of aromatic nitrogens is 2. The van der Waals surface area contributed by atoms with Gasteiger partial charge < -0.3 is 10.2 Å². The van der Waals surface area contributed by atoms with Crippen LogP contribution in [0.25, 0.3) is 0 Å². The largest absolute Gasteiger partial charge is 0.348 e. The first-order chi connectivity index (χ1) is 12.8. The molecule has 2 heterocycles. The molecule has 1 saturated heterocycles. The number of likely N-dealkylation sites (tertiary alicyclic amines) is 1. The van der Waals surface area contributed by atoms with Gasteiger partial charge in [0, 0.05) is 31.2 Å². The Balaban J connectivity index is 1.65. The highest BCUT2D eigenvalue weighted by Gasteiger charge is 2.23. The van der Waals surface area contributed by atoms with Gasteiger partial charge >= 0.3 is 0 Å². The predicted octanol–water partition coefficient (Wildman–Crippen LogP) is 2.95. The van der Waals surface area contributed by atoms with Crippen molar-refractivity contribution in [2.24, 2.45) is 11.8 Å². The summed E-state index contributed by atoms with van der Waals surface area (Å²) < 4.78 is 27.2. The number of nitrogens with zero attached hydrogens (tertiary/aromatic N) is 3. The van der Waals surface area contributed by atoms with E-state index in [1.807, 2.05) is 0 Å². The predicted molar refractivity (Wildman–Crippen MR) is 110 cm³/mol. The highest BCUT2D eigenvalue weighted by Crippen LogP contribution is 2.22. The molecule has 1 aliphatic rings. The van der Waals surface area contributed by atoms with Gasteiger partial charge in [0.2, 0.25) is 5.95 Å². The minimum Gasteiger partial charge on any atom is -0.348 e. The fraction of sp³-hybridized carbons (Fsp3) is 0.389. The summed E-state index contributed by atoms with van der Waals surface area (Å²) in [5.41, 5.74) is 0.751. The highest BCUT2D eigenvalue weighted by molar-refractivity contribution is 7.92. The van der Waals surface area contributed by atoms with E-state index in [0.717, 1.165) is 18.8 Å². The van der Waals surface area contributed by atoms with Crippen molar-refractivity contribution in [1.82, 2.24) is 14.9 Å². The second-order valence-electron chi connectivity index (χ2n) is 6.98. The maximum Gasteiger partial charge on any atom is 0.264 e. The first-order valence-corrected chi connectivity index (χ1v) is 10.7. The van der Waals surface area contributed by atoms with Crippen LogP contribution in [0.4, 0.5) is 11.6 Å². The van der Waals surface area contributed by atoms with Crippen molar-refractivity contribution in [3.05, 3.63) is 42.7 Å². The Hall–Kier alpha value is -2.26. The number of piperidine rings is 1. The Morgan fingerprint density at radius 1 is 1.11 bits per heavy atom. The van der Waals surface area contributed by atoms with Crippen molar-refractivity contribution in [3.63, 3.8) is 0 Å². The number of anilines is 2. The molecule has 0 radical (unpaired) electrons. The van der Waals surface area contributed by atoms with Crippen LogP contribution in [0.5, 0.6) is 0 Å². The molecule has 0 saturated carbocycles. The van der Waals surface area contributed by atoms with Gasteiger partial charge in [0.1, 0.15) is 0 Å². The van der Waals surface area contributed by atoms with E-state index in [1.165, 1.54) is 30.9 Å². The van der Waals surface area contributed by atoms with Crippen molar-refractivity contribution in [1.29, 1.82) is 0 Å². The van der Waals surface area contributed by atoms with Gasteiger partial charge in [-0.05, 0) is 60.8 Å². The molecule has 0 aliphatic carbocycles. The zero-order valence-electron chi connectivity index (χ0n) is 15.3. The van der Waals surface area contributed by atoms with E-state index in [4.69, 9.17) is 12.2 Å². The van der Waals surface area contributed by atoms with Crippen molar-refractivity contribution in [2.75, 3.05) is 23.1 Å². The fourth-order valence-electron chi connectivity index (χ4n) is 3.28. The summed E-state index contributed by atoms with van der Waals surface area (Å²) >= 11 is 5.52. The summed E-state index contributed by atoms with van der Waals surface area (Å²) in [6, 6.07) is 8.06. The quantitative estimate of drug-likeness (QED) is 0.756. The first-order valence-electron chi connectivity index (χ1n) is 8.79. The monoisotopic (exact) mass is 405 g/mol. The molecule has 7 nitrogen and oxygen atoms in total. The molecule has 1 fully saturated rings. The van der Waals surface area contributed by atoms with Crippen molar-refractivity contribution in [3.8, 4) is 0 Å². The normalized spacial score (nSPS) is 20.1. The second-order valence-corrected chi connectivity index (χ2v) is 9.05. The molecule has 1 aromatic heterocycles. The molecule has 2 aromatic rings. The minimum absolute atomic E-state index is 0.0363. The highest BCUT2D eigenvalue weighted by atomic mass is 32.2. The third-order valence-corrected chi connectivity index (χ3v) is 6.07. The molecule has 2 unspecified atom stereocenters. The number of hydrogen-bond donors (Lipinski definition) is 2. The molecular formula is C18H23N5O2S2. The van der Waals surface area contributed by atoms with Crippen LogP contribution >= 0.6 is 12.2 Å². The number of rotatable bonds is 4. The van der Waals surface area contributed by atoms with Crippen LogP contribution in [-0.4, -0.2) is 41.5 Å². The van der Waals surface area contributed by atoms with E-state index in [2.05, 4.69) is 38.8 Å². The van der Waals surface area contributed by atoms with E-state index < -0.39 is 10.0 Å². The molecule has 0 amide bonds. The molecule has 9 heteroatoms. The zero-order valence-corrected chi connectivity index (χ0v) is 16.9. The fourth-order valence-corrected chi connectivity index (χ4v) is 4.50.